The summed E-state index contributed by atoms with van der Waals surface area (Å²) in [5, 5.41) is 5.08. The Hall–Kier alpha value is -2.14. The van der Waals surface area contributed by atoms with Gasteiger partial charge in [-0.15, -0.1) is 11.3 Å². The molecule has 0 aliphatic heterocycles. The minimum Gasteiger partial charge on any atom is -0.346 e. The zero-order chi connectivity index (χ0) is 15.4. The second-order valence-electron chi connectivity index (χ2n) is 5.36. The highest BCUT2D eigenvalue weighted by molar-refractivity contribution is 7.09. The molecule has 0 bridgehead atoms. The predicted octanol–water partition coefficient (Wildman–Crippen LogP) is 3.82. The number of H-pyrrole nitrogens is 1. The third kappa shape index (κ3) is 3.54. The Morgan fingerprint density at radius 3 is 2.95 bits per heavy atom. The second kappa shape index (κ2) is 6.75. The molecular weight excluding hydrogens is 294 g/mol. The van der Waals surface area contributed by atoms with E-state index in [1.165, 1.54) is 4.88 Å². The number of amides is 1. The van der Waals surface area contributed by atoms with Gasteiger partial charge in [0.05, 0.1) is 17.1 Å². The van der Waals surface area contributed by atoms with Crippen molar-refractivity contribution in [3.05, 3.63) is 52.5 Å². The van der Waals surface area contributed by atoms with Crippen LogP contribution in [0.5, 0.6) is 0 Å². The van der Waals surface area contributed by atoms with Crippen molar-refractivity contribution in [1.82, 2.24) is 15.3 Å². The number of para-hydroxylation sites is 2. The summed E-state index contributed by atoms with van der Waals surface area (Å²) in [6.07, 6.45) is 2.38. The number of aromatic nitrogens is 2. The van der Waals surface area contributed by atoms with Crippen molar-refractivity contribution >= 4 is 28.3 Å². The van der Waals surface area contributed by atoms with Gasteiger partial charge in [0.25, 0.3) is 0 Å². The molecule has 2 aromatic heterocycles. The molecular formula is C17H19N3OS. The Labute approximate surface area is 133 Å². The molecule has 114 valence electrons. The van der Waals surface area contributed by atoms with Gasteiger partial charge in [-0.25, -0.2) is 4.98 Å². The van der Waals surface area contributed by atoms with Crippen LogP contribution in [0.15, 0.2) is 41.8 Å². The van der Waals surface area contributed by atoms with Crippen LogP contribution in [-0.4, -0.2) is 15.9 Å². The van der Waals surface area contributed by atoms with Crippen LogP contribution in [0.25, 0.3) is 11.0 Å². The maximum atomic E-state index is 12.0. The fourth-order valence-corrected chi connectivity index (χ4v) is 3.19. The van der Waals surface area contributed by atoms with Gasteiger partial charge >= 0.3 is 0 Å². The average molecular weight is 313 g/mol. The van der Waals surface area contributed by atoms with E-state index in [2.05, 4.69) is 26.7 Å². The molecule has 1 atom stereocenters. The number of hydrogen-bond donors (Lipinski definition) is 2. The molecule has 0 saturated carbocycles. The number of thiophene rings is 1. The molecule has 0 fully saturated rings. The van der Waals surface area contributed by atoms with Crippen molar-refractivity contribution in [3.63, 3.8) is 0 Å². The summed E-state index contributed by atoms with van der Waals surface area (Å²) in [6, 6.07) is 11.9. The minimum atomic E-state index is -0.110. The van der Waals surface area contributed by atoms with Crippen LogP contribution in [0.4, 0.5) is 0 Å². The summed E-state index contributed by atoms with van der Waals surface area (Å²) in [7, 11) is 0. The van der Waals surface area contributed by atoms with Gasteiger partial charge in [0.15, 0.2) is 0 Å². The average Bonchev–Trinajstić information content (AvgIpc) is 3.16. The monoisotopic (exact) mass is 313 g/mol. The highest BCUT2D eigenvalue weighted by atomic mass is 32.1. The van der Waals surface area contributed by atoms with Crippen molar-refractivity contribution < 1.29 is 4.79 Å². The summed E-state index contributed by atoms with van der Waals surface area (Å²) >= 11 is 1.74. The number of aromatic amines is 1. The SMILES string of the molecule is C[C@@H](NC(=O)CCCc1cccs1)c1nc2ccccc2[nH]1. The summed E-state index contributed by atoms with van der Waals surface area (Å²) in [4.78, 5) is 21.1. The molecule has 0 saturated heterocycles. The lowest BCUT2D eigenvalue weighted by atomic mass is 10.2. The van der Waals surface area contributed by atoms with Gasteiger partial charge in [0.2, 0.25) is 5.91 Å². The van der Waals surface area contributed by atoms with Gasteiger partial charge < -0.3 is 10.3 Å². The van der Waals surface area contributed by atoms with Gasteiger partial charge in [-0.3, -0.25) is 4.79 Å². The van der Waals surface area contributed by atoms with Crippen LogP contribution >= 0.6 is 11.3 Å². The van der Waals surface area contributed by atoms with Gasteiger partial charge in [0.1, 0.15) is 5.82 Å². The van der Waals surface area contributed by atoms with E-state index < -0.39 is 0 Å². The lowest BCUT2D eigenvalue weighted by Crippen LogP contribution is -2.27. The first-order chi connectivity index (χ1) is 10.7. The third-order valence-corrected chi connectivity index (χ3v) is 4.54. The van der Waals surface area contributed by atoms with Gasteiger partial charge in [-0.05, 0) is 43.3 Å². The van der Waals surface area contributed by atoms with Crippen molar-refractivity contribution in [2.45, 2.75) is 32.2 Å². The molecule has 0 aliphatic carbocycles. The Kier molecular flexibility index (Phi) is 4.53. The number of imidazole rings is 1. The largest absolute Gasteiger partial charge is 0.346 e. The standard InChI is InChI=1S/C17H19N3OS/c1-12(17-19-14-8-2-3-9-15(14)20-17)18-16(21)10-4-6-13-7-5-11-22-13/h2-3,5,7-9,11-12H,4,6,10H2,1H3,(H,18,21)(H,19,20)/t12-/m1/s1. The maximum absolute atomic E-state index is 12.0. The maximum Gasteiger partial charge on any atom is 0.220 e. The zero-order valence-electron chi connectivity index (χ0n) is 12.5. The van der Waals surface area contributed by atoms with Crippen LogP contribution in [0, 0.1) is 0 Å². The number of rotatable bonds is 6. The molecule has 1 amide bonds. The molecule has 3 aromatic rings. The molecule has 0 spiro atoms. The number of nitrogens with one attached hydrogen (secondary N) is 2. The fourth-order valence-electron chi connectivity index (χ4n) is 2.44. The van der Waals surface area contributed by atoms with E-state index >= 15 is 0 Å². The second-order valence-corrected chi connectivity index (χ2v) is 6.39. The first-order valence-corrected chi connectivity index (χ1v) is 8.37. The molecule has 4 nitrogen and oxygen atoms in total. The highest BCUT2D eigenvalue weighted by Crippen LogP contribution is 2.16. The Morgan fingerprint density at radius 2 is 2.18 bits per heavy atom. The topological polar surface area (TPSA) is 57.8 Å². The van der Waals surface area contributed by atoms with E-state index in [9.17, 15) is 4.79 Å². The minimum absolute atomic E-state index is 0.0736. The van der Waals surface area contributed by atoms with Crippen molar-refractivity contribution in [2.75, 3.05) is 0 Å². The van der Waals surface area contributed by atoms with Crippen molar-refractivity contribution in [3.8, 4) is 0 Å². The lowest BCUT2D eigenvalue weighted by molar-refractivity contribution is -0.121. The van der Waals surface area contributed by atoms with Crippen molar-refractivity contribution in [2.24, 2.45) is 0 Å². The van der Waals surface area contributed by atoms with Crippen molar-refractivity contribution in [1.29, 1.82) is 0 Å². The van der Waals surface area contributed by atoms with E-state index in [4.69, 9.17) is 0 Å². The summed E-state index contributed by atoms with van der Waals surface area (Å²) in [5.74, 6) is 0.873. The molecule has 0 unspecified atom stereocenters. The number of carbonyl (C=O) groups excluding carboxylic acids is 1. The smallest absolute Gasteiger partial charge is 0.220 e. The molecule has 5 heteroatoms. The van der Waals surface area contributed by atoms with E-state index in [0.717, 1.165) is 29.7 Å². The van der Waals surface area contributed by atoms with E-state index in [1.807, 2.05) is 37.3 Å². The summed E-state index contributed by atoms with van der Waals surface area (Å²) < 4.78 is 0. The number of carbonyl (C=O) groups is 1. The van der Waals surface area contributed by atoms with Gasteiger partial charge in [-0.2, -0.15) is 0 Å². The molecule has 2 heterocycles. The lowest BCUT2D eigenvalue weighted by Gasteiger charge is -2.11. The molecule has 0 aliphatic rings. The molecule has 0 radical (unpaired) electrons. The molecule has 3 rings (SSSR count). The number of fused-ring (bicyclic) bond motifs is 1. The Morgan fingerprint density at radius 1 is 1.32 bits per heavy atom. The summed E-state index contributed by atoms with van der Waals surface area (Å²) in [6.45, 7) is 1.95. The first kappa shape index (κ1) is 14.8. The fraction of sp³-hybridized carbons (Fsp3) is 0.294. The van der Waals surface area contributed by atoms with Gasteiger partial charge in [0, 0.05) is 11.3 Å². The number of hydrogen-bond acceptors (Lipinski definition) is 3. The van der Waals surface area contributed by atoms with Crippen LogP contribution in [0.2, 0.25) is 0 Å². The third-order valence-electron chi connectivity index (χ3n) is 3.60. The van der Waals surface area contributed by atoms with Crippen LogP contribution < -0.4 is 5.32 Å². The Bertz CT molecular complexity index is 715. The predicted molar refractivity (Wildman–Crippen MR) is 89.9 cm³/mol. The van der Waals surface area contributed by atoms with Crippen LogP contribution in [-0.2, 0) is 11.2 Å². The zero-order valence-corrected chi connectivity index (χ0v) is 13.3. The number of aryl methyl sites for hydroxylation is 1. The van der Waals surface area contributed by atoms with Gasteiger partial charge in [-0.1, -0.05) is 18.2 Å². The van der Waals surface area contributed by atoms with E-state index in [0.29, 0.717) is 6.42 Å². The summed E-state index contributed by atoms with van der Waals surface area (Å²) in [5.41, 5.74) is 1.92. The quantitative estimate of drug-likeness (QED) is 0.726. The number of benzene rings is 1. The normalized spacial score (nSPS) is 12.4. The molecule has 22 heavy (non-hydrogen) atoms. The van der Waals surface area contributed by atoms with E-state index in [1.54, 1.807) is 11.3 Å². The highest BCUT2D eigenvalue weighted by Gasteiger charge is 2.13. The Balaban J connectivity index is 1.52. The number of nitrogens with zero attached hydrogens (tertiary/aromatic N) is 1. The van der Waals surface area contributed by atoms with Crippen LogP contribution in [0.3, 0.4) is 0 Å². The molecule has 2 N–H and O–H groups in total. The first-order valence-electron chi connectivity index (χ1n) is 7.49. The van der Waals surface area contributed by atoms with Crippen LogP contribution in [0.1, 0.15) is 36.5 Å². The molecule has 1 aromatic carbocycles. The van der Waals surface area contributed by atoms with E-state index in [-0.39, 0.29) is 11.9 Å².